The molecule has 0 unspecified atom stereocenters. The van der Waals surface area contributed by atoms with Crippen LogP contribution in [0.25, 0.3) is 0 Å². The summed E-state index contributed by atoms with van der Waals surface area (Å²) in [6.45, 7) is 6.34. The third-order valence-corrected chi connectivity index (χ3v) is 5.61. The number of piperidine rings is 1. The van der Waals surface area contributed by atoms with Crippen molar-refractivity contribution in [2.75, 3.05) is 32.7 Å². The monoisotopic (exact) mass is 415 g/mol. The van der Waals surface area contributed by atoms with E-state index in [9.17, 15) is 26.4 Å². The van der Waals surface area contributed by atoms with Crippen molar-refractivity contribution in [2.45, 2.75) is 45.2 Å². The second-order valence-corrected chi connectivity index (χ2v) is 8.40. The summed E-state index contributed by atoms with van der Waals surface area (Å²) in [4.78, 5) is 15.8. The highest BCUT2D eigenvalue weighted by molar-refractivity contribution is 7.90. The Balaban J connectivity index is 2.53. The van der Waals surface area contributed by atoms with Crippen LogP contribution in [0.2, 0.25) is 0 Å². The van der Waals surface area contributed by atoms with Crippen LogP contribution in [0.15, 0.2) is 4.99 Å². The minimum Gasteiger partial charge on any atom is -0.357 e. The molecule has 0 bridgehead atoms. The zero-order chi connectivity index (χ0) is 20.7. The fourth-order valence-corrected chi connectivity index (χ4v) is 3.44. The van der Waals surface area contributed by atoms with Gasteiger partial charge in [0.1, 0.15) is 0 Å². The quantitative estimate of drug-likeness (QED) is 0.322. The number of amides is 1. The standard InChI is InChI=1S/C15H28F3N5O3S/c1-4-19-14(21-8-7-20-13(24)11(2)3)22-12-5-9-23(10-6-12)27(25,26)15(16,17)18/h11-12H,4-10H2,1-3H3,(H,20,24)(H2,19,21,22). The first-order chi connectivity index (χ1) is 12.5. The number of nitrogens with zero attached hydrogens (tertiary/aromatic N) is 2. The van der Waals surface area contributed by atoms with Gasteiger partial charge in [0.05, 0.1) is 6.54 Å². The Hall–Kier alpha value is -1.56. The highest BCUT2D eigenvalue weighted by Gasteiger charge is 2.50. The predicted octanol–water partition coefficient (Wildman–Crippen LogP) is 0.628. The van der Waals surface area contributed by atoms with Crippen LogP contribution in [0, 0.1) is 5.92 Å². The summed E-state index contributed by atoms with van der Waals surface area (Å²) < 4.78 is 61.1. The number of carbonyl (C=O) groups excluding carboxylic acids is 1. The Bertz CT molecular complexity index is 615. The normalized spacial score (nSPS) is 17.8. The largest absolute Gasteiger partial charge is 0.511 e. The molecule has 1 heterocycles. The Morgan fingerprint density at radius 3 is 2.30 bits per heavy atom. The van der Waals surface area contributed by atoms with Crippen molar-refractivity contribution in [1.29, 1.82) is 0 Å². The van der Waals surface area contributed by atoms with E-state index in [1.54, 1.807) is 13.8 Å². The third kappa shape index (κ3) is 7.17. The second-order valence-electron chi connectivity index (χ2n) is 6.47. The molecule has 1 aliphatic heterocycles. The summed E-state index contributed by atoms with van der Waals surface area (Å²) in [7, 11) is -5.27. The number of hydrogen-bond donors (Lipinski definition) is 3. The molecule has 0 spiro atoms. The molecule has 12 heteroatoms. The Labute approximate surface area is 158 Å². The van der Waals surface area contributed by atoms with E-state index < -0.39 is 15.5 Å². The lowest BCUT2D eigenvalue weighted by atomic mass is 10.1. The number of aliphatic imine (C=N–C) groups is 1. The van der Waals surface area contributed by atoms with E-state index in [-0.39, 0.29) is 43.8 Å². The van der Waals surface area contributed by atoms with Crippen molar-refractivity contribution in [3.63, 3.8) is 0 Å². The average Bonchev–Trinajstić information content (AvgIpc) is 2.58. The maximum atomic E-state index is 12.6. The van der Waals surface area contributed by atoms with E-state index in [0.717, 1.165) is 0 Å². The van der Waals surface area contributed by atoms with Crippen molar-refractivity contribution in [3.8, 4) is 0 Å². The first-order valence-corrected chi connectivity index (χ1v) is 10.3. The number of carbonyl (C=O) groups is 1. The third-order valence-electron chi connectivity index (χ3n) is 3.98. The van der Waals surface area contributed by atoms with Gasteiger partial charge in [0.25, 0.3) is 0 Å². The Morgan fingerprint density at radius 1 is 1.22 bits per heavy atom. The van der Waals surface area contributed by atoms with Crippen molar-refractivity contribution in [3.05, 3.63) is 0 Å². The van der Waals surface area contributed by atoms with E-state index in [4.69, 9.17) is 0 Å². The fourth-order valence-electron chi connectivity index (χ4n) is 2.45. The average molecular weight is 415 g/mol. The maximum Gasteiger partial charge on any atom is 0.511 e. The SMILES string of the molecule is CCNC(=NCCNC(=O)C(C)C)NC1CCN(S(=O)(=O)C(F)(F)F)CC1. The molecule has 0 aromatic carbocycles. The number of nitrogens with one attached hydrogen (secondary N) is 3. The molecule has 0 radical (unpaired) electrons. The minimum absolute atomic E-state index is 0.0681. The van der Waals surface area contributed by atoms with Crippen molar-refractivity contribution in [1.82, 2.24) is 20.3 Å². The predicted molar refractivity (Wildman–Crippen MR) is 96.5 cm³/mol. The van der Waals surface area contributed by atoms with Gasteiger partial charge in [0, 0.05) is 38.1 Å². The van der Waals surface area contributed by atoms with Gasteiger partial charge < -0.3 is 16.0 Å². The summed E-state index contributed by atoms with van der Waals surface area (Å²) >= 11 is 0. The van der Waals surface area contributed by atoms with Crippen LogP contribution < -0.4 is 16.0 Å². The molecule has 1 amide bonds. The summed E-state index contributed by atoms with van der Waals surface area (Å²) in [5.41, 5.74) is -5.27. The molecule has 27 heavy (non-hydrogen) atoms. The van der Waals surface area contributed by atoms with Crippen LogP contribution in [-0.4, -0.2) is 68.9 Å². The number of halogens is 3. The van der Waals surface area contributed by atoms with Crippen LogP contribution in [-0.2, 0) is 14.8 Å². The van der Waals surface area contributed by atoms with Gasteiger partial charge in [0.15, 0.2) is 5.96 Å². The molecule has 1 saturated heterocycles. The van der Waals surface area contributed by atoms with E-state index in [0.29, 0.717) is 29.9 Å². The zero-order valence-corrected chi connectivity index (χ0v) is 16.6. The molecule has 3 N–H and O–H groups in total. The van der Waals surface area contributed by atoms with Gasteiger partial charge in [0.2, 0.25) is 5.91 Å². The van der Waals surface area contributed by atoms with Crippen molar-refractivity contribution < 1.29 is 26.4 Å². The molecule has 0 atom stereocenters. The van der Waals surface area contributed by atoms with Gasteiger partial charge in [-0.25, -0.2) is 8.42 Å². The highest BCUT2D eigenvalue weighted by Crippen LogP contribution is 2.28. The Kier molecular flexibility index (Phi) is 8.79. The molecule has 1 aliphatic rings. The van der Waals surface area contributed by atoms with Crippen LogP contribution in [0.1, 0.15) is 33.6 Å². The van der Waals surface area contributed by atoms with E-state index in [1.165, 1.54) is 0 Å². The number of alkyl halides is 3. The topological polar surface area (TPSA) is 103 Å². The van der Waals surface area contributed by atoms with E-state index in [2.05, 4.69) is 20.9 Å². The minimum atomic E-state index is -5.27. The highest BCUT2D eigenvalue weighted by atomic mass is 32.2. The molecule has 8 nitrogen and oxygen atoms in total. The summed E-state index contributed by atoms with van der Waals surface area (Å²) in [5, 5.41) is 8.86. The molecule has 158 valence electrons. The van der Waals surface area contributed by atoms with Crippen molar-refractivity contribution >= 4 is 21.9 Å². The number of hydrogen-bond acceptors (Lipinski definition) is 4. The van der Waals surface area contributed by atoms with Crippen LogP contribution in [0.3, 0.4) is 0 Å². The molecule has 1 rings (SSSR count). The van der Waals surface area contributed by atoms with Gasteiger partial charge in [-0.1, -0.05) is 13.8 Å². The van der Waals surface area contributed by atoms with Crippen LogP contribution in [0.5, 0.6) is 0 Å². The summed E-state index contributed by atoms with van der Waals surface area (Å²) in [6.07, 6.45) is 0.480. The summed E-state index contributed by atoms with van der Waals surface area (Å²) in [5.74, 6) is 0.299. The van der Waals surface area contributed by atoms with Gasteiger partial charge >= 0.3 is 15.5 Å². The first kappa shape index (κ1) is 23.5. The smallest absolute Gasteiger partial charge is 0.357 e. The van der Waals surface area contributed by atoms with Crippen LogP contribution in [0.4, 0.5) is 13.2 Å². The molecule has 0 aromatic rings. The lowest BCUT2D eigenvalue weighted by Gasteiger charge is -2.32. The lowest BCUT2D eigenvalue weighted by molar-refractivity contribution is -0.123. The molecular formula is C15H28F3N5O3S. The van der Waals surface area contributed by atoms with E-state index in [1.807, 2.05) is 6.92 Å². The molecule has 0 saturated carbocycles. The summed E-state index contributed by atoms with van der Waals surface area (Å²) in [6, 6.07) is -0.187. The fraction of sp³-hybridized carbons (Fsp3) is 0.867. The first-order valence-electron chi connectivity index (χ1n) is 8.88. The molecule has 1 fully saturated rings. The number of sulfonamides is 1. The van der Waals surface area contributed by atoms with Crippen LogP contribution >= 0.6 is 0 Å². The molecular weight excluding hydrogens is 387 g/mol. The second kappa shape index (κ2) is 10.1. The lowest BCUT2D eigenvalue weighted by Crippen LogP contribution is -2.51. The van der Waals surface area contributed by atoms with Gasteiger partial charge in [-0.3, -0.25) is 9.79 Å². The number of rotatable bonds is 7. The van der Waals surface area contributed by atoms with Gasteiger partial charge in [-0.2, -0.15) is 17.5 Å². The van der Waals surface area contributed by atoms with Gasteiger partial charge in [-0.15, -0.1) is 0 Å². The maximum absolute atomic E-state index is 12.6. The van der Waals surface area contributed by atoms with Crippen molar-refractivity contribution in [2.24, 2.45) is 10.9 Å². The Morgan fingerprint density at radius 2 is 1.81 bits per heavy atom. The van der Waals surface area contributed by atoms with E-state index >= 15 is 0 Å². The molecule has 0 aliphatic carbocycles. The zero-order valence-electron chi connectivity index (χ0n) is 15.8. The number of guanidine groups is 1. The van der Waals surface area contributed by atoms with Gasteiger partial charge in [-0.05, 0) is 19.8 Å². The molecule has 0 aromatic heterocycles.